The molecule has 0 aliphatic heterocycles. The topological polar surface area (TPSA) is 74.6 Å². The summed E-state index contributed by atoms with van der Waals surface area (Å²) in [6, 6.07) is 0. The highest BCUT2D eigenvalue weighted by Crippen LogP contribution is 1.75. The SMILES string of the molecule is C/C=C/CCO.CS(=O)(=O)O. The zero-order valence-corrected chi connectivity index (χ0v) is 7.50. The lowest BCUT2D eigenvalue weighted by atomic mass is 10.4. The Hall–Kier alpha value is -0.390. The Bertz CT molecular complexity index is 173. The van der Waals surface area contributed by atoms with Crippen LogP contribution in [0.1, 0.15) is 13.3 Å². The van der Waals surface area contributed by atoms with Gasteiger partial charge in [0.2, 0.25) is 0 Å². The maximum Gasteiger partial charge on any atom is 0.261 e. The largest absolute Gasteiger partial charge is 0.396 e. The van der Waals surface area contributed by atoms with Crippen LogP contribution in [-0.4, -0.2) is 30.9 Å². The normalized spacial score (nSPS) is 10.9. The molecule has 0 radical (unpaired) electrons. The van der Waals surface area contributed by atoms with Gasteiger partial charge in [-0.3, -0.25) is 4.55 Å². The molecule has 0 aromatic carbocycles. The summed E-state index contributed by atoms with van der Waals surface area (Å²) < 4.78 is 25.9. The number of allylic oxidation sites excluding steroid dienone is 1. The molecule has 0 aliphatic carbocycles. The van der Waals surface area contributed by atoms with Crippen molar-refractivity contribution in [2.45, 2.75) is 13.3 Å². The van der Waals surface area contributed by atoms with Gasteiger partial charge in [0, 0.05) is 6.61 Å². The van der Waals surface area contributed by atoms with Crippen LogP contribution < -0.4 is 0 Å². The maximum atomic E-state index is 9.19. The quantitative estimate of drug-likeness (QED) is 0.480. The van der Waals surface area contributed by atoms with E-state index in [0.717, 1.165) is 6.42 Å². The van der Waals surface area contributed by atoms with Crippen LogP contribution in [0.3, 0.4) is 0 Å². The van der Waals surface area contributed by atoms with Crippen molar-refractivity contribution in [2.24, 2.45) is 0 Å². The molecule has 4 nitrogen and oxygen atoms in total. The molecule has 0 unspecified atom stereocenters. The second kappa shape index (κ2) is 7.71. The van der Waals surface area contributed by atoms with E-state index in [1.807, 2.05) is 19.1 Å². The van der Waals surface area contributed by atoms with E-state index in [-0.39, 0.29) is 6.61 Å². The molecular formula is C6H14O4S. The number of aliphatic hydroxyl groups is 1. The van der Waals surface area contributed by atoms with Crippen LogP contribution in [0.5, 0.6) is 0 Å². The lowest BCUT2D eigenvalue weighted by Crippen LogP contribution is -1.88. The van der Waals surface area contributed by atoms with Crippen LogP contribution in [0.2, 0.25) is 0 Å². The van der Waals surface area contributed by atoms with Crippen molar-refractivity contribution in [2.75, 3.05) is 12.9 Å². The van der Waals surface area contributed by atoms with Crippen LogP contribution in [-0.2, 0) is 10.1 Å². The van der Waals surface area contributed by atoms with E-state index < -0.39 is 10.1 Å². The molecule has 0 atom stereocenters. The van der Waals surface area contributed by atoms with Gasteiger partial charge >= 0.3 is 0 Å². The second-order valence-corrected chi connectivity index (χ2v) is 3.28. The van der Waals surface area contributed by atoms with Gasteiger partial charge in [0.05, 0.1) is 6.26 Å². The Morgan fingerprint density at radius 3 is 1.91 bits per heavy atom. The smallest absolute Gasteiger partial charge is 0.261 e. The molecule has 11 heavy (non-hydrogen) atoms. The van der Waals surface area contributed by atoms with Gasteiger partial charge in [-0.05, 0) is 13.3 Å². The number of hydrogen-bond donors (Lipinski definition) is 2. The molecule has 0 spiro atoms. The summed E-state index contributed by atoms with van der Waals surface area (Å²) in [5.74, 6) is 0. The van der Waals surface area contributed by atoms with Gasteiger partial charge in [-0.2, -0.15) is 8.42 Å². The Balaban J connectivity index is 0. The van der Waals surface area contributed by atoms with Gasteiger partial charge < -0.3 is 5.11 Å². The molecular weight excluding hydrogens is 168 g/mol. The standard InChI is InChI=1S/C5H10O.CH4O3S/c1-2-3-4-5-6;1-5(2,3)4/h2-3,6H,4-5H2,1H3;1H3,(H,2,3,4)/b3-2+;. The molecule has 0 fully saturated rings. The first-order valence-corrected chi connectivity index (χ1v) is 4.91. The first-order chi connectivity index (χ1) is 4.91. The molecule has 0 saturated carbocycles. The zero-order valence-electron chi connectivity index (χ0n) is 6.69. The van der Waals surface area contributed by atoms with Crippen LogP contribution in [0, 0.1) is 0 Å². The summed E-state index contributed by atoms with van der Waals surface area (Å²) in [7, 11) is -3.67. The Kier molecular flexibility index (Phi) is 9.27. The summed E-state index contributed by atoms with van der Waals surface area (Å²) in [5, 5.41) is 8.15. The summed E-state index contributed by atoms with van der Waals surface area (Å²) >= 11 is 0. The Morgan fingerprint density at radius 1 is 1.45 bits per heavy atom. The van der Waals surface area contributed by atoms with Crippen molar-refractivity contribution in [1.29, 1.82) is 0 Å². The van der Waals surface area contributed by atoms with E-state index in [1.165, 1.54) is 0 Å². The average Bonchev–Trinajstić information content (AvgIpc) is 1.79. The van der Waals surface area contributed by atoms with Crippen LogP contribution in [0.4, 0.5) is 0 Å². The van der Waals surface area contributed by atoms with E-state index in [2.05, 4.69) is 0 Å². The molecule has 0 aromatic rings. The van der Waals surface area contributed by atoms with Crippen molar-refractivity contribution in [3.8, 4) is 0 Å². The first kappa shape index (κ1) is 13.2. The number of aliphatic hydroxyl groups excluding tert-OH is 1. The fraction of sp³-hybridized carbons (Fsp3) is 0.667. The molecule has 0 rings (SSSR count). The molecule has 0 heterocycles. The molecule has 0 aliphatic rings. The van der Waals surface area contributed by atoms with Gasteiger partial charge in [0.15, 0.2) is 0 Å². The predicted molar refractivity (Wildman–Crippen MR) is 44.0 cm³/mol. The maximum absolute atomic E-state index is 9.19. The van der Waals surface area contributed by atoms with Crippen molar-refractivity contribution in [3.05, 3.63) is 12.2 Å². The van der Waals surface area contributed by atoms with Crippen LogP contribution in [0.15, 0.2) is 12.2 Å². The van der Waals surface area contributed by atoms with Crippen LogP contribution in [0.25, 0.3) is 0 Å². The minimum atomic E-state index is -3.67. The molecule has 0 bridgehead atoms. The highest BCUT2D eigenvalue weighted by atomic mass is 32.2. The second-order valence-electron chi connectivity index (χ2n) is 1.81. The van der Waals surface area contributed by atoms with Crippen molar-refractivity contribution in [1.82, 2.24) is 0 Å². The average molecular weight is 182 g/mol. The third-order valence-corrected chi connectivity index (χ3v) is 0.531. The highest BCUT2D eigenvalue weighted by Gasteiger charge is 1.81. The monoisotopic (exact) mass is 182 g/mol. The van der Waals surface area contributed by atoms with E-state index in [1.54, 1.807) is 0 Å². The molecule has 2 N–H and O–H groups in total. The predicted octanol–water partition coefficient (Wildman–Crippen LogP) is 0.449. The summed E-state index contributed by atoms with van der Waals surface area (Å²) in [5.41, 5.74) is 0. The van der Waals surface area contributed by atoms with Gasteiger partial charge in [-0.15, -0.1) is 0 Å². The Labute approximate surface area is 67.3 Å². The lowest BCUT2D eigenvalue weighted by Gasteiger charge is -1.76. The first-order valence-electron chi connectivity index (χ1n) is 3.06. The van der Waals surface area contributed by atoms with Crippen molar-refractivity contribution < 1.29 is 18.1 Å². The third-order valence-electron chi connectivity index (χ3n) is 0.531. The Morgan fingerprint density at radius 2 is 1.82 bits per heavy atom. The molecule has 0 saturated heterocycles. The van der Waals surface area contributed by atoms with E-state index >= 15 is 0 Å². The third kappa shape index (κ3) is 81.7. The summed E-state index contributed by atoms with van der Waals surface area (Å²) in [4.78, 5) is 0. The summed E-state index contributed by atoms with van der Waals surface area (Å²) in [6.45, 7) is 2.21. The van der Waals surface area contributed by atoms with Gasteiger partial charge in [0.1, 0.15) is 0 Å². The zero-order chi connectivity index (χ0) is 9.33. The van der Waals surface area contributed by atoms with Crippen molar-refractivity contribution in [3.63, 3.8) is 0 Å². The molecule has 68 valence electrons. The van der Waals surface area contributed by atoms with E-state index in [0.29, 0.717) is 6.26 Å². The van der Waals surface area contributed by atoms with Gasteiger partial charge in [-0.1, -0.05) is 12.2 Å². The van der Waals surface area contributed by atoms with Crippen molar-refractivity contribution >= 4 is 10.1 Å². The van der Waals surface area contributed by atoms with Gasteiger partial charge in [0.25, 0.3) is 10.1 Å². The number of hydrogen-bond acceptors (Lipinski definition) is 3. The lowest BCUT2D eigenvalue weighted by molar-refractivity contribution is 0.302. The van der Waals surface area contributed by atoms with Crippen LogP contribution >= 0.6 is 0 Å². The fourth-order valence-corrected chi connectivity index (χ4v) is 0.241. The minimum Gasteiger partial charge on any atom is -0.396 e. The van der Waals surface area contributed by atoms with E-state index in [9.17, 15) is 8.42 Å². The number of rotatable bonds is 2. The fourth-order valence-electron chi connectivity index (χ4n) is 0.241. The van der Waals surface area contributed by atoms with Gasteiger partial charge in [-0.25, -0.2) is 0 Å². The minimum absolute atomic E-state index is 0.268. The van der Waals surface area contributed by atoms with E-state index in [4.69, 9.17) is 9.66 Å². The highest BCUT2D eigenvalue weighted by molar-refractivity contribution is 7.85. The summed E-state index contributed by atoms with van der Waals surface area (Å²) in [6.07, 6.45) is 5.36. The molecule has 5 heteroatoms. The molecule has 0 amide bonds. The molecule has 0 aromatic heterocycles.